The number of hydrogen-bond donors (Lipinski definition) is 1. The van der Waals surface area contributed by atoms with Gasteiger partial charge in [0, 0.05) is 6.61 Å². The van der Waals surface area contributed by atoms with Crippen molar-refractivity contribution >= 4 is 16.1 Å². The fourth-order valence-corrected chi connectivity index (χ4v) is 4.59. The van der Waals surface area contributed by atoms with E-state index < -0.39 is 39.4 Å². The Morgan fingerprint density at radius 3 is 2.08 bits per heavy atom. The predicted octanol–water partition coefficient (Wildman–Crippen LogP) is 6.21. The van der Waals surface area contributed by atoms with Crippen LogP contribution in [-0.4, -0.2) is 48.6 Å². The zero-order valence-corrected chi connectivity index (χ0v) is 23.9. The molecule has 2 aromatic carbocycles. The molecule has 0 aliphatic carbocycles. The molecule has 0 amide bonds. The first-order valence-corrected chi connectivity index (χ1v) is 14.3. The van der Waals surface area contributed by atoms with Crippen LogP contribution >= 0.6 is 0 Å². The summed E-state index contributed by atoms with van der Waals surface area (Å²) < 4.78 is 89.0. The Balaban J connectivity index is 2.29. The van der Waals surface area contributed by atoms with E-state index in [1.807, 2.05) is 26.0 Å². The molecule has 0 saturated heterocycles. The number of ether oxygens (including phenoxy) is 3. The van der Waals surface area contributed by atoms with Gasteiger partial charge in [-0.3, -0.25) is 4.79 Å². The molecule has 0 heterocycles. The van der Waals surface area contributed by atoms with E-state index >= 15 is 0 Å². The van der Waals surface area contributed by atoms with E-state index in [0.717, 1.165) is 11.1 Å². The fraction of sp³-hybridized carbons (Fsp3) is 0.536. The second-order valence-electron chi connectivity index (χ2n) is 9.99. The van der Waals surface area contributed by atoms with E-state index in [9.17, 15) is 36.0 Å². The van der Waals surface area contributed by atoms with Crippen LogP contribution in [0.3, 0.4) is 0 Å². The summed E-state index contributed by atoms with van der Waals surface area (Å²) >= 11 is 0. The lowest BCUT2D eigenvalue weighted by atomic mass is 9.73. The largest absolute Gasteiger partial charge is 0.743 e. The first-order valence-electron chi connectivity index (χ1n) is 12.9. The molecule has 0 aliphatic rings. The standard InChI is InChI=1S/C28H37F3O8S/c1-6-27(5,26(33)39-25(29)28(30,31)40(34,35)36)17-22(21-8-12-23(32)13-9-21)16-18(3)20-10-14-24(15-11-20)38-19(4)37-7-2/h8-15,18-19,22,25,32H,6-7,16-17H2,1-5H3,(H,34,35,36)/p-1. The summed E-state index contributed by atoms with van der Waals surface area (Å²) in [7, 11) is -6.40. The van der Waals surface area contributed by atoms with E-state index in [4.69, 9.17) is 9.47 Å². The van der Waals surface area contributed by atoms with Gasteiger partial charge in [0.1, 0.15) is 11.5 Å². The molecule has 0 fully saturated rings. The number of benzene rings is 2. The van der Waals surface area contributed by atoms with Crippen LogP contribution in [0.25, 0.3) is 0 Å². The van der Waals surface area contributed by atoms with Gasteiger partial charge in [0.25, 0.3) is 0 Å². The number of halogens is 3. The van der Waals surface area contributed by atoms with Crippen LogP contribution in [0, 0.1) is 5.41 Å². The van der Waals surface area contributed by atoms with Crippen LogP contribution in [0.2, 0.25) is 0 Å². The fourth-order valence-electron chi connectivity index (χ4n) is 4.32. The van der Waals surface area contributed by atoms with Gasteiger partial charge in [0.2, 0.25) is 0 Å². The van der Waals surface area contributed by atoms with Crippen LogP contribution in [0.1, 0.15) is 76.8 Å². The van der Waals surface area contributed by atoms with Crippen molar-refractivity contribution in [3.63, 3.8) is 0 Å². The van der Waals surface area contributed by atoms with Gasteiger partial charge in [-0.2, -0.15) is 13.2 Å². The molecule has 224 valence electrons. The third kappa shape index (κ3) is 8.58. The van der Waals surface area contributed by atoms with Crippen molar-refractivity contribution < 1.29 is 50.3 Å². The number of esters is 1. The molecular formula is C28H36F3O8S-. The Labute approximate surface area is 233 Å². The molecule has 0 radical (unpaired) electrons. The van der Waals surface area contributed by atoms with Crippen LogP contribution in [-0.2, 0) is 24.4 Å². The minimum absolute atomic E-state index is 0.0198. The highest BCUT2D eigenvalue weighted by molar-refractivity contribution is 7.86. The first-order chi connectivity index (χ1) is 18.5. The topological polar surface area (TPSA) is 122 Å². The smallest absolute Gasteiger partial charge is 0.399 e. The molecule has 5 atom stereocenters. The SMILES string of the molecule is CCOC(C)Oc1ccc(C(C)CC(CC(C)(CC)C(=O)OC(F)C(F)(F)S(=O)(=O)[O-])c2ccc(O)cc2)cc1. The number of aromatic hydroxyl groups is 1. The van der Waals surface area contributed by atoms with E-state index in [-0.39, 0.29) is 30.4 Å². The maximum atomic E-state index is 14.1. The summed E-state index contributed by atoms with van der Waals surface area (Å²) in [6, 6.07) is 13.6. The van der Waals surface area contributed by atoms with Crippen LogP contribution in [0.5, 0.6) is 11.5 Å². The molecular weight excluding hydrogens is 553 g/mol. The third-order valence-corrected chi connectivity index (χ3v) is 7.79. The molecule has 12 heteroatoms. The highest BCUT2D eigenvalue weighted by Crippen LogP contribution is 2.42. The van der Waals surface area contributed by atoms with Gasteiger partial charge in [0.15, 0.2) is 16.4 Å². The van der Waals surface area contributed by atoms with Gasteiger partial charge in [-0.1, -0.05) is 38.1 Å². The summed E-state index contributed by atoms with van der Waals surface area (Å²) in [4.78, 5) is 12.9. The molecule has 0 aromatic heterocycles. The van der Waals surface area contributed by atoms with Crippen LogP contribution in [0.15, 0.2) is 48.5 Å². The van der Waals surface area contributed by atoms with Crippen molar-refractivity contribution in [2.24, 2.45) is 5.41 Å². The monoisotopic (exact) mass is 589 g/mol. The zero-order chi connectivity index (χ0) is 30.3. The van der Waals surface area contributed by atoms with E-state index in [2.05, 4.69) is 4.74 Å². The number of alkyl halides is 3. The van der Waals surface area contributed by atoms with Crippen molar-refractivity contribution in [2.75, 3.05) is 6.61 Å². The van der Waals surface area contributed by atoms with Gasteiger partial charge in [-0.05, 0) is 87.3 Å². The molecule has 0 aliphatic heterocycles. The van der Waals surface area contributed by atoms with Gasteiger partial charge in [0.05, 0.1) is 5.41 Å². The summed E-state index contributed by atoms with van der Waals surface area (Å²) in [5.41, 5.74) is 0.166. The van der Waals surface area contributed by atoms with Crippen LogP contribution in [0.4, 0.5) is 13.2 Å². The second-order valence-corrected chi connectivity index (χ2v) is 11.4. The number of carbonyl (C=O) groups excluding carboxylic acids is 1. The van der Waals surface area contributed by atoms with E-state index in [1.165, 1.54) is 19.1 Å². The number of phenolic OH excluding ortho intramolecular Hbond substituents is 1. The number of hydrogen-bond acceptors (Lipinski definition) is 8. The first kappa shape index (κ1) is 33.4. The van der Waals surface area contributed by atoms with Crippen LogP contribution < -0.4 is 4.74 Å². The molecule has 1 N–H and O–H groups in total. The second kappa shape index (κ2) is 13.7. The van der Waals surface area contributed by atoms with Gasteiger partial charge < -0.3 is 23.9 Å². The zero-order valence-electron chi connectivity index (χ0n) is 23.1. The summed E-state index contributed by atoms with van der Waals surface area (Å²) in [6.45, 7) is 9.09. The average molecular weight is 590 g/mol. The Hall–Kier alpha value is -2.83. The summed E-state index contributed by atoms with van der Waals surface area (Å²) in [5, 5.41) is 4.31. The Morgan fingerprint density at radius 2 is 1.57 bits per heavy atom. The maximum Gasteiger partial charge on any atom is 0.399 e. The van der Waals surface area contributed by atoms with E-state index in [1.54, 1.807) is 38.1 Å². The number of carbonyl (C=O) groups is 1. The molecule has 0 saturated carbocycles. The minimum atomic E-state index is -6.40. The lowest BCUT2D eigenvalue weighted by molar-refractivity contribution is -0.193. The quantitative estimate of drug-likeness (QED) is 0.148. The minimum Gasteiger partial charge on any atom is -0.743 e. The molecule has 5 unspecified atom stereocenters. The molecule has 2 aromatic rings. The van der Waals surface area contributed by atoms with Crippen molar-refractivity contribution in [1.29, 1.82) is 0 Å². The van der Waals surface area contributed by atoms with Gasteiger partial charge in [-0.25, -0.2) is 8.42 Å². The molecule has 0 spiro atoms. The van der Waals surface area contributed by atoms with Crippen molar-refractivity contribution in [3.8, 4) is 11.5 Å². The Kier molecular flexibility index (Phi) is 11.4. The molecule has 0 bridgehead atoms. The average Bonchev–Trinajstić information content (AvgIpc) is 2.88. The van der Waals surface area contributed by atoms with Gasteiger partial charge in [-0.15, -0.1) is 0 Å². The molecule has 8 nitrogen and oxygen atoms in total. The summed E-state index contributed by atoms with van der Waals surface area (Å²) in [5.74, 6) is -1.22. The highest BCUT2D eigenvalue weighted by Gasteiger charge is 2.52. The lowest BCUT2D eigenvalue weighted by Gasteiger charge is -2.33. The summed E-state index contributed by atoms with van der Waals surface area (Å²) in [6.07, 6.45) is -3.84. The lowest BCUT2D eigenvalue weighted by Crippen LogP contribution is -2.44. The van der Waals surface area contributed by atoms with E-state index in [0.29, 0.717) is 18.8 Å². The maximum absolute atomic E-state index is 14.1. The highest BCUT2D eigenvalue weighted by atomic mass is 32.2. The van der Waals surface area contributed by atoms with Crippen molar-refractivity contribution in [2.45, 2.75) is 83.6 Å². The number of rotatable bonds is 15. The molecule has 2 rings (SSSR count). The Morgan fingerprint density at radius 1 is 1.02 bits per heavy atom. The van der Waals surface area contributed by atoms with Crippen molar-refractivity contribution in [3.05, 3.63) is 59.7 Å². The van der Waals surface area contributed by atoms with Crippen molar-refractivity contribution in [1.82, 2.24) is 0 Å². The third-order valence-electron chi connectivity index (χ3n) is 6.93. The molecule has 40 heavy (non-hydrogen) atoms. The van der Waals surface area contributed by atoms with Gasteiger partial charge >= 0.3 is 17.6 Å². The predicted molar refractivity (Wildman–Crippen MR) is 141 cm³/mol. The number of phenols is 1. The normalized spacial score (nSPS) is 16.8. The Bertz CT molecular complexity index is 1210.